The molecule has 1 amide bonds. The van der Waals surface area contributed by atoms with Gasteiger partial charge in [0, 0.05) is 24.5 Å². The van der Waals surface area contributed by atoms with E-state index in [1.54, 1.807) is 24.3 Å². The zero-order valence-electron chi connectivity index (χ0n) is 12.9. The zero-order chi connectivity index (χ0) is 17.2. The van der Waals surface area contributed by atoms with E-state index in [4.69, 9.17) is 0 Å². The summed E-state index contributed by atoms with van der Waals surface area (Å²) >= 11 is 0. The highest BCUT2D eigenvalue weighted by atomic mass is 32.2. The van der Waals surface area contributed by atoms with Crippen LogP contribution in [0.3, 0.4) is 0 Å². The molecule has 8 heteroatoms. The van der Waals surface area contributed by atoms with Gasteiger partial charge in [-0.25, -0.2) is 8.42 Å². The highest BCUT2D eigenvalue weighted by Crippen LogP contribution is 2.25. The summed E-state index contributed by atoms with van der Waals surface area (Å²) in [6.45, 7) is 0.478. The molecule has 0 atom stereocenters. The molecule has 1 aliphatic rings. The first-order valence-electron chi connectivity index (χ1n) is 7.56. The van der Waals surface area contributed by atoms with Crippen molar-refractivity contribution in [3.63, 3.8) is 0 Å². The van der Waals surface area contributed by atoms with Crippen molar-refractivity contribution < 1.29 is 13.2 Å². The van der Waals surface area contributed by atoms with Crippen molar-refractivity contribution >= 4 is 27.3 Å². The number of aromatic amines is 1. The lowest BCUT2D eigenvalue weighted by Crippen LogP contribution is -2.37. The van der Waals surface area contributed by atoms with Gasteiger partial charge in [-0.1, -0.05) is 0 Å². The minimum absolute atomic E-state index is 0.164. The number of benzene rings is 1. The number of carbonyl (C=O) groups is 1. The third-order valence-corrected chi connectivity index (χ3v) is 5.68. The van der Waals surface area contributed by atoms with Gasteiger partial charge in [0.25, 0.3) is 5.91 Å². The second kappa shape index (κ2) is 6.48. The zero-order valence-corrected chi connectivity index (χ0v) is 13.7. The number of carbonyl (C=O) groups excluding carboxylic acids is 1. The van der Waals surface area contributed by atoms with Gasteiger partial charge in [-0.2, -0.15) is 0 Å². The lowest BCUT2D eigenvalue weighted by atomic mass is 10.2. The van der Waals surface area contributed by atoms with E-state index in [2.05, 4.69) is 10.3 Å². The van der Waals surface area contributed by atoms with E-state index in [1.807, 2.05) is 0 Å². The maximum atomic E-state index is 12.1. The smallest absolute Gasteiger partial charge is 0.257 e. The second-order valence-corrected chi connectivity index (χ2v) is 7.55. The topological polar surface area (TPSA) is 99.3 Å². The Kier molecular flexibility index (Phi) is 4.39. The van der Waals surface area contributed by atoms with Gasteiger partial charge in [0.15, 0.2) is 0 Å². The lowest BCUT2D eigenvalue weighted by Gasteiger charge is -2.28. The fourth-order valence-corrected chi connectivity index (χ4v) is 4.18. The Labute approximate surface area is 139 Å². The van der Waals surface area contributed by atoms with Crippen LogP contribution in [0.5, 0.6) is 0 Å². The summed E-state index contributed by atoms with van der Waals surface area (Å²) in [6.07, 6.45) is 2.86. The third kappa shape index (κ3) is 3.48. The van der Waals surface area contributed by atoms with Crippen LogP contribution in [0.15, 0.2) is 47.4 Å². The molecule has 3 rings (SSSR count). The van der Waals surface area contributed by atoms with E-state index in [0.29, 0.717) is 29.9 Å². The molecule has 1 aromatic heterocycles. The Hall–Kier alpha value is -2.61. The number of hydrogen-bond donors (Lipinski definition) is 2. The second-order valence-electron chi connectivity index (χ2n) is 5.54. The van der Waals surface area contributed by atoms with Gasteiger partial charge < -0.3 is 10.3 Å². The normalized spacial score (nSPS) is 16.6. The Morgan fingerprint density at radius 2 is 1.83 bits per heavy atom. The molecule has 2 heterocycles. The Morgan fingerprint density at radius 3 is 2.46 bits per heavy atom. The highest BCUT2D eigenvalue weighted by Gasteiger charge is 2.25. The number of nitrogens with zero attached hydrogens (tertiary/aromatic N) is 1. The quantitative estimate of drug-likeness (QED) is 0.880. The molecule has 2 aromatic rings. The number of pyridine rings is 1. The van der Waals surface area contributed by atoms with Gasteiger partial charge >= 0.3 is 0 Å². The molecule has 24 heavy (non-hydrogen) atoms. The van der Waals surface area contributed by atoms with Crippen molar-refractivity contribution in [1.29, 1.82) is 0 Å². The minimum atomic E-state index is -3.25. The summed E-state index contributed by atoms with van der Waals surface area (Å²) in [5.74, 6) is -0.192. The first kappa shape index (κ1) is 16.3. The largest absolute Gasteiger partial charge is 0.328 e. The van der Waals surface area contributed by atoms with E-state index in [-0.39, 0.29) is 17.2 Å². The Morgan fingerprint density at radius 1 is 1.08 bits per heavy atom. The maximum absolute atomic E-state index is 12.1. The summed E-state index contributed by atoms with van der Waals surface area (Å²) in [6, 6.07) is 9.37. The van der Waals surface area contributed by atoms with Gasteiger partial charge in [0.1, 0.15) is 0 Å². The molecule has 1 fully saturated rings. The molecule has 1 saturated heterocycles. The van der Waals surface area contributed by atoms with Crippen LogP contribution in [0.2, 0.25) is 0 Å². The number of nitrogens with one attached hydrogen (secondary N) is 2. The van der Waals surface area contributed by atoms with Crippen LogP contribution in [-0.4, -0.2) is 31.6 Å². The molecule has 0 unspecified atom stereocenters. The number of rotatable bonds is 3. The number of amides is 1. The molecule has 0 saturated carbocycles. The average Bonchev–Trinajstić information content (AvgIpc) is 2.56. The first-order valence-corrected chi connectivity index (χ1v) is 9.17. The molecule has 0 bridgehead atoms. The summed E-state index contributed by atoms with van der Waals surface area (Å²) < 4.78 is 25.6. The molecule has 1 aromatic carbocycles. The molecule has 0 spiro atoms. The molecule has 0 aliphatic carbocycles. The van der Waals surface area contributed by atoms with E-state index in [1.165, 1.54) is 22.6 Å². The number of H-pyrrole nitrogens is 1. The maximum Gasteiger partial charge on any atom is 0.257 e. The summed E-state index contributed by atoms with van der Waals surface area (Å²) in [5, 5.41) is 2.70. The fourth-order valence-electron chi connectivity index (χ4n) is 2.54. The summed E-state index contributed by atoms with van der Waals surface area (Å²) in [7, 11) is -3.25. The average molecular weight is 347 g/mol. The predicted molar refractivity (Wildman–Crippen MR) is 91.8 cm³/mol. The first-order chi connectivity index (χ1) is 11.5. The molecular formula is C16H17N3O4S. The number of hydrogen-bond acceptors (Lipinski definition) is 4. The minimum Gasteiger partial charge on any atom is -0.328 e. The number of aromatic nitrogens is 1. The summed E-state index contributed by atoms with van der Waals surface area (Å²) in [5.41, 5.74) is 1.19. The van der Waals surface area contributed by atoms with Crippen LogP contribution >= 0.6 is 0 Å². The molecule has 126 valence electrons. The fraction of sp³-hybridized carbons (Fsp3) is 0.250. The van der Waals surface area contributed by atoms with Crippen LogP contribution in [0.4, 0.5) is 11.4 Å². The van der Waals surface area contributed by atoms with Crippen molar-refractivity contribution in [2.24, 2.45) is 0 Å². The summed E-state index contributed by atoms with van der Waals surface area (Å²) in [4.78, 5) is 25.5. The van der Waals surface area contributed by atoms with Crippen LogP contribution in [0.25, 0.3) is 0 Å². The van der Waals surface area contributed by atoms with E-state index in [9.17, 15) is 18.0 Å². The van der Waals surface area contributed by atoms with Crippen molar-refractivity contribution in [1.82, 2.24) is 4.98 Å². The predicted octanol–water partition coefficient (Wildman–Crippen LogP) is 1.56. The van der Waals surface area contributed by atoms with E-state index < -0.39 is 10.0 Å². The van der Waals surface area contributed by atoms with Gasteiger partial charge in [0.05, 0.1) is 17.0 Å². The van der Waals surface area contributed by atoms with Crippen molar-refractivity contribution in [2.75, 3.05) is 21.9 Å². The van der Waals surface area contributed by atoms with Gasteiger partial charge in [0.2, 0.25) is 15.6 Å². The Balaban J connectivity index is 1.74. The standard InChI is InChI=1S/C16H17N3O4S/c20-15-8-3-12(11-17-15)16(21)18-13-4-6-14(7-5-13)19-9-1-2-10-24(19,22)23/h3-8,11H,1-2,9-10H2,(H,17,20)(H,18,21). The van der Waals surface area contributed by atoms with Crippen LogP contribution in [-0.2, 0) is 10.0 Å². The van der Waals surface area contributed by atoms with Crippen LogP contribution < -0.4 is 15.2 Å². The molecule has 7 nitrogen and oxygen atoms in total. The van der Waals surface area contributed by atoms with Crippen molar-refractivity contribution in [3.8, 4) is 0 Å². The highest BCUT2D eigenvalue weighted by molar-refractivity contribution is 7.92. The molecule has 1 aliphatic heterocycles. The number of anilines is 2. The SMILES string of the molecule is O=C(Nc1ccc(N2CCCCS2(=O)=O)cc1)c1ccc(=O)[nH]c1. The van der Waals surface area contributed by atoms with E-state index in [0.717, 1.165) is 6.42 Å². The molecule has 0 radical (unpaired) electrons. The molecular weight excluding hydrogens is 330 g/mol. The van der Waals surface area contributed by atoms with E-state index >= 15 is 0 Å². The third-order valence-electron chi connectivity index (χ3n) is 3.81. The monoisotopic (exact) mass is 347 g/mol. The number of sulfonamides is 1. The van der Waals surface area contributed by atoms with Gasteiger partial charge in [-0.05, 0) is 43.2 Å². The Bertz CT molecular complexity index is 883. The molecule has 2 N–H and O–H groups in total. The van der Waals surface area contributed by atoms with Gasteiger partial charge in [-0.3, -0.25) is 13.9 Å². The van der Waals surface area contributed by atoms with Crippen LogP contribution in [0.1, 0.15) is 23.2 Å². The van der Waals surface area contributed by atoms with Crippen molar-refractivity contribution in [2.45, 2.75) is 12.8 Å². The van der Waals surface area contributed by atoms with Crippen LogP contribution in [0, 0.1) is 0 Å². The lowest BCUT2D eigenvalue weighted by molar-refractivity contribution is 0.102. The van der Waals surface area contributed by atoms with Gasteiger partial charge in [-0.15, -0.1) is 0 Å². The van der Waals surface area contributed by atoms with Crippen molar-refractivity contribution in [3.05, 3.63) is 58.5 Å².